The van der Waals surface area contributed by atoms with Gasteiger partial charge in [0, 0.05) is 24.4 Å². The fourth-order valence-corrected chi connectivity index (χ4v) is 2.66. The van der Waals surface area contributed by atoms with Gasteiger partial charge < -0.3 is 15.3 Å². The van der Waals surface area contributed by atoms with E-state index in [1.807, 2.05) is 0 Å². The number of amides is 2. The Morgan fingerprint density at radius 2 is 2.30 bits per heavy atom. The summed E-state index contributed by atoms with van der Waals surface area (Å²) in [6.07, 6.45) is 2.16. The van der Waals surface area contributed by atoms with E-state index in [2.05, 4.69) is 15.3 Å². The van der Waals surface area contributed by atoms with Crippen molar-refractivity contribution in [3.05, 3.63) is 52.9 Å². The number of carbonyl (C=O) groups is 1. The highest BCUT2D eigenvalue weighted by Crippen LogP contribution is 2.26. The summed E-state index contributed by atoms with van der Waals surface area (Å²) < 4.78 is 13.9. The molecule has 23 heavy (non-hydrogen) atoms. The molecule has 1 aliphatic heterocycles. The summed E-state index contributed by atoms with van der Waals surface area (Å²) in [6, 6.07) is 4.10. The highest BCUT2D eigenvalue weighted by molar-refractivity contribution is 5.74. The Labute approximate surface area is 133 Å². The lowest BCUT2D eigenvalue weighted by molar-refractivity contribution is 0.190. The molecule has 0 atom stereocenters. The molecule has 7 heteroatoms. The molecular weight excluding hydrogens is 299 g/mol. The minimum atomic E-state index is -0.482. The molecule has 0 bridgehead atoms. The number of urea groups is 1. The maximum Gasteiger partial charge on any atom is 0.318 e. The van der Waals surface area contributed by atoms with Gasteiger partial charge in [-0.25, -0.2) is 19.2 Å². The molecular formula is C16H17FN4O2. The van der Waals surface area contributed by atoms with E-state index in [-0.39, 0.29) is 18.3 Å². The summed E-state index contributed by atoms with van der Waals surface area (Å²) >= 11 is 0. The van der Waals surface area contributed by atoms with Crippen LogP contribution in [0.2, 0.25) is 0 Å². The van der Waals surface area contributed by atoms with Crippen LogP contribution in [0, 0.1) is 12.7 Å². The maximum atomic E-state index is 13.9. The fraction of sp³-hybridized carbons (Fsp3) is 0.312. The van der Waals surface area contributed by atoms with Crippen molar-refractivity contribution < 1.29 is 14.3 Å². The van der Waals surface area contributed by atoms with Crippen LogP contribution in [0.25, 0.3) is 0 Å². The van der Waals surface area contributed by atoms with Crippen molar-refractivity contribution in [2.75, 3.05) is 6.54 Å². The van der Waals surface area contributed by atoms with Crippen molar-refractivity contribution in [1.29, 1.82) is 0 Å². The van der Waals surface area contributed by atoms with E-state index in [0.717, 1.165) is 17.3 Å². The Morgan fingerprint density at radius 1 is 1.48 bits per heavy atom. The molecule has 0 radical (unpaired) electrons. The van der Waals surface area contributed by atoms with Gasteiger partial charge in [0.25, 0.3) is 0 Å². The third-order valence-electron chi connectivity index (χ3n) is 3.81. The van der Waals surface area contributed by atoms with E-state index >= 15 is 0 Å². The van der Waals surface area contributed by atoms with E-state index in [4.69, 9.17) is 0 Å². The second-order valence-corrected chi connectivity index (χ2v) is 5.49. The number of phenolic OH excluding ortho intramolecular Hbond substituents is 1. The lowest BCUT2D eigenvalue weighted by Gasteiger charge is -2.29. The van der Waals surface area contributed by atoms with Crippen LogP contribution in [0.5, 0.6) is 5.75 Å². The predicted molar refractivity (Wildman–Crippen MR) is 81.2 cm³/mol. The number of aromatic hydroxyl groups is 1. The molecule has 2 N–H and O–H groups in total. The number of aryl methyl sites for hydroxylation is 1. The summed E-state index contributed by atoms with van der Waals surface area (Å²) in [5.74, 6) is 0.0766. The molecule has 2 aromatic rings. The maximum absolute atomic E-state index is 13.9. The molecule has 0 fully saturated rings. The number of hydrogen-bond donors (Lipinski definition) is 2. The molecule has 1 aromatic heterocycles. The largest absolute Gasteiger partial charge is 0.508 e. The zero-order valence-electron chi connectivity index (χ0n) is 12.7. The van der Waals surface area contributed by atoms with Crippen LogP contribution in [0.15, 0.2) is 24.4 Å². The van der Waals surface area contributed by atoms with Gasteiger partial charge in [0.15, 0.2) is 0 Å². The molecule has 0 saturated carbocycles. The molecule has 0 aliphatic carbocycles. The number of carbonyl (C=O) groups excluding carboxylic acids is 1. The number of hydrogen-bond acceptors (Lipinski definition) is 4. The van der Waals surface area contributed by atoms with Crippen LogP contribution in [0.4, 0.5) is 9.18 Å². The summed E-state index contributed by atoms with van der Waals surface area (Å²) in [5.41, 5.74) is 1.93. The first kappa shape index (κ1) is 15.2. The molecule has 120 valence electrons. The second-order valence-electron chi connectivity index (χ2n) is 5.49. The first-order chi connectivity index (χ1) is 11.0. The zero-order chi connectivity index (χ0) is 16.4. The Hall–Kier alpha value is -2.70. The van der Waals surface area contributed by atoms with Gasteiger partial charge in [-0.1, -0.05) is 0 Å². The van der Waals surface area contributed by atoms with Crippen LogP contribution < -0.4 is 5.32 Å². The van der Waals surface area contributed by atoms with Crippen molar-refractivity contribution in [2.24, 2.45) is 0 Å². The minimum Gasteiger partial charge on any atom is -0.508 e. The number of phenols is 1. The average molecular weight is 316 g/mol. The Morgan fingerprint density at radius 3 is 3.09 bits per heavy atom. The van der Waals surface area contributed by atoms with Gasteiger partial charge in [-0.15, -0.1) is 0 Å². The van der Waals surface area contributed by atoms with Gasteiger partial charge >= 0.3 is 6.03 Å². The van der Waals surface area contributed by atoms with E-state index in [0.29, 0.717) is 30.9 Å². The number of nitrogens with one attached hydrogen (secondary N) is 1. The van der Waals surface area contributed by atoms with Gasteiger partial charge in [-0.2, -0.15) is 0 Å². The van der Waals surface area contributed by atoms with Crippen LogP contribution >= 0.6 is 0 Å². The fourth-order valence-electron chi connectivity index (χ4n) is 2.66. The Bertz CT molecular complexity index is 751. The first-order valence-corrected chi connectivity index (χ1v) is 7.34. The van der Waals surface area contributed by atoms with E-state index in [9.17, 15) is 14.3 Å². The van der Waals surface area contributed by atoms with Gasteiger partial charge in [0.2, 0.25) is 0 Å². The SMILES string of the molecule is Cc1nccc(CNC(=O)N2CCc3cc(O)cc(F)c3C2)n1. The monoisotopic (exact) mass is 316 g/mol. The molecule has 0 saturated heterocycles. The lowest BCUT2D eigenvalue weighted by Crippen LogP contribution is -2.42. The van der Waals surface area contributed by atoms with Crippen LogP contribution in [-0.2, 0) is 19.5 Å². The highest BCUT2D eigenvalue weighted by Gasteiger charge is 2.23. The van der Waals surface area contributed by atoms with Crippen molar-refractivity contribution in [3.63, 3.8) is 0 Å². The van der Waals surface area contributed by atoms with Crippen molar-refractivity contribution >= 4 is 6.03 Å². The van der Waals surface area contributed by atoms with E-state index in [1.165, 1.54) is 0 Å². The van der Waals surface area contributed by atoms with Crippen molar-refractivity contribution in [1.82, 2.24) is 20.2 Å². The number of benzene rings is 1. The second kappa shape index (κ2) is 6.20. The smallest absolute Gasteiger partial charge is 0.318 e. The topological polar surface area (TPSA) is 78.4 Å². The lowest BCUT2D eigenvalue weighted by atomic mass is 9.99. The molecule has 2 heterocycles. The Balaban J connectivity index is 1.65. The van der Waals surface area contributed by atoms with Gasteiger partial charge in [0.05, 0.1) is 18.8 Å². The minimum absolute atomic E-state index is 0.0849. The third kappa shape index (κ3) is 3.39. The van der Waals surface area contributed by atoms with Gasteiger partial charge in [0.1, 0.15) is 17.4 Å². The number of nitrogens with zero attached hydrogens (tertiary/aromatic N) is 3. The van der Waals surface area contributed by atoms with Crippen molar-refractivity contribution in [2.45, 2.75) is 26.4 Å². The number of rotatable bonds is 2. The van der Waals surface area contributed by atoms with Crippen LogP contribution in [0.3, 0.4) is 0 Å². The summed E-state index contributed by atoms with van der Waals surface area (Å²) in [6.45, 7) is 2.75. The summed E-state index contributed by atoms with van der Waals surface area (Å²) in [5, 5.41) is 12.2. The first-order valence-electron chi connectivity index (χ1n) is 7.34. The molecule has 0 unspecified atom stereocenters. The molecule has 6 nitrogen and oxygen atoms in total. The normalized spacial score (nSPS) is 13.6. The summed E-state index contributed by atoms with van der Waals surface area (Å²) in [4.78, 5) is 22.0. The standard InChI is InChI=1S/C16H17FN4O2/c1-10-18-4-2-12(20-10)8-19-16(23)21-5-3-11-6-13(22)7-15(17)14(11)9-21/h2,4,6-7,22H,3,5,8-9H2,1H3,(H,19,23). The van der Waals surface area contributed by atoms with Gasteiger partial charge in [-0.3, -0.25) is 0 Å². The Kier molecular flexibility index (Phi) is 4.10. The molecule has 0 spiro atoms. The van der Waals surface area contributed by atoms with Crippen molar-refractivity contribution in [3.8, 4) is 5.75 Å². The zero-order valence-corrected chi connectivity index (χ0v) is 12.7. The molecule has 1 aromatic carbocycles. The summed E-state index contributed by atoms with van der Waals surface area (Å²) in [7, 11) is 0. The number of aromatic nitrogens is 2. The van der Waals surface area contributed by atoms with Gasteiger partial charge in [-0.05, 0) is 31.0 Å². The number of fused-ring (bicyclic) bond motifs is 1. The van der Waals surface area contributed by atoms with E-state index < -0.39 is 5.82 Å². The predicted octanol–water partition coefficient (Wildman–Crippen LogP) is 1.90. The average Bonchev–Trinajstić information content (AvgIpc) is 2.52. The molecule has 2 amide bonds. The molecule has 3 rings (SSSR count). The third-order valence-corrected chi connectivity index (χ3v) is 3.81. The number of halogens is 1. The molecule has 1 aliphatic rings. The highest BCUT2D eigenvalue weighted by atomic mass is 19.1. The van der Waals surface area contributed by atoms with Crippen LogP contribution in [-0.4, -0.2) is 32.6 Å². The van der Waals surface area contributed by atoms with Crippen LogP contribution in [0.1, 0.15) is 22.6 Å². The quantitative estimate of drug-likeness (QED) is 0.887. The van der Waals surface area contributed by atoms with E-state index in [1.54, 1.807) is 30.2 Å².